The molecule has 2 fully saturated rings. The molecule has 0 aromatic heterocycles. The van der Waals surface area contributed by atoms with Gasteiger partial charge in [0.15, 0.2) is 5.96 Å². The van der Waals surface area contributed by atoms with Crippen molar-refractivity contribution in [3.8, 4) is 0 Å². The first-order valence-electron chi connectivity index (χ1n) is 9.83. The summed E-state index contributed by atoms with van der Waals surface area (Å²) < 4.78 is 0. The number of halogens is 1. The van der Waals surface area contributed by atoms with E-state index in [0.717, 1.165) is 29.6 Å². The van der Waals surface area contributed by atoms with Crippen LogP contribution in [0.3, 0.4) is 0 Å². The summed E-state index contributed by atoms with van der Waals surface area (Å²) >= 11 is 2.00. The van der Waals surface area contributed by atoms with Crippen molar-refractivity contribution in [3.63, 3.8) is 0 Å². The molecule has 2 N–H and O–H groups in total. The first-order chi connectivity index (χ1) is 11.6. The summed E-state index contributed by atoms with van der Waals surface area (Å²) in [5, 5.41) is 7.92. The summed E-state index contributed by atoms with van der Waals surface area (Å²) in [6.45, 7) is 9.64. The molecule has 0 spiro atoms. The number of thioether (sulfide) groups is 1. The standard InChI is InChI=1S/C19H38N4S.HI/c1-15-11-16(2)14-23(13-15)10-6-5-9-21-19(20-3)22-17-7-8-18(12-17)24-4;/h15-18H,5-14H2,1-4H3,(H2,20,21,22);1H. The lowest BCUT2D eigenvalue weighted by Crippen LogP contribution is -2.43. The van der Waals surface area contributed by atoms with Gasteiger partial charge >= 0.3 is 0 Å². The fraction of sp³-hybridized carbons (Fsp3) is 0.947. The quantitative estimate of drug-likeness (QED) is 0.251. The normalized spacial score (nSPS) is 30.8. The minimum atomic E-state index is 0. The SMILES string of the molecule is CN=C(NCCCCN1CC(C)CC(C)C1)NC1CCC(SC)C1.I. The number of piperidine rings is 1. The zero-order valence-corrected chi connectivity index (χ0v) is 19.7. The van der Waals surface area contributed by atoms with Crippen LogP contribution in [0.25, 0.3) is 0 Å². The van der Waals surface area contributed by atoms with Crippen molar-refractivity contribution in [1.82, 2.24) is 15.5 Å². The second-order valence-corrected chi connectivity index (χ2v) is 9.06. The van der Waals surface area contributed by atoms with Crippen LogP contribution in [-0.2, 0) is 0 Å². The lowest BCUT2D eigenvalue weighted by Gasteiger charge is -2.34. The number of hydrogen-bond acceptors (Lipinski definition) is 3. The van der Waals surface area contributed by atoms with Gasteiger partial charge in [-0.25, -0.2) is 0 Å². The molecule has 6 heteroatoms. The molecule has 1 heterocycles. The molecule has 4 atom stereocenters. The summed E-state index contributed by atoms with van der Waals surface area (Å²) in [6.07, 6.45) is 10.0. The molecule has 148 valence electrons. The predicted molar refractivity (Wildman–Crippen MR) is 123 cm³/mol. The monoisotopic (exact) mass is 482 g/mol. The summed E-state index contributed by atoms with van der Waals surface area (Å²) in [4.78, 5) is 7.05. The smallest absolute Gasteiger partial charge is 0.191 e. The molecular weight excluding hydrogens is 443 g/mol. The van der Waals surface area contributed by atoms with E-state index >= 15 is 0 Å². The second kappa shape index (κ2) is 12.7. The highest BCUT2D eigenvalue weighted by molar-refractivity contribution is 14.0. The van der Waals surface area contributed by atoms with Gasteiger partial charge in [0, 0.05) is 38.0 Å². The molecule has 2 aliphatic rings. The van der Waals surface area contributed by atoms with Gasteiger partial charge in [0.1, 0.15) is 0 Å². The second-order valence-electron chi connectivity index (χ2n) is 7.92. The molecule has 1 saturated carbocycles. The summed E-state index contributed by atoms with van der Waals surface area (Å²) in [5.74, 6) is 2.72. The average molecular weight is 483 g/mol. The van der Waals surface area contributed by atoms with Crippen LogP contribution in [0.2, 0.25) is 0 Å². The molecule has 1 aliphatic heterocycles. The Morgan fingerprint density at radius 2 is 1.84 bits per heavy atom. The Morgan fingerprint density at radius 3 is 2.44 bits per heavy atom. The van der Waals surface area contributed by atoms with Crippen LogP contribution in [-0.4, -0.2) is 61.6 Å². The minimum absolute atomic E-state index is 0. The Morgan fingerprint density at radius 1 is 1.12 bits per heavy atom. The highest BCUT2D eigenvalue weighted by Crippen LogP contribution is 2.28. The molecule has 1 aliphatic carbocycles. The van der Waals surface area contributed by atoms with E-state index in [1.165, 1.54) is 58.2 Å². The number of unbranched alkanes of at least 4 members (excludes halogenated alkanes) is 1. The van der Waals surface area contributed by atoms with E-state index in [4.69, 9.17) is 0 Å². The molecule has 25 heavy (non-hydrogen) atoms. The van der Waals surface area contributed by atoms with Crippen molar-refractivity contribution in [2.45, 2.75) is 63.7 Å². The summed E-state index contributed by atoms with van der Waals surface area (Å²) in [5.41, 5.74) is 0. The van der Waals surface area contributed by atoms with Crippen LogP contribution in [0.4, 0.5) is 0 Å². The number of hydrogen-bond donors (Lipinski definition) is 2. The van der Waals surface area contributed by atoms with E-state index in [1.807, 2.05) is 18.8 Å². The van der Waals surface area contributed by atoms with Crippen molar-refractivity contribution >= 4 is 41.7 Å². The van der Waals surface area contributed by atoms with E-state index in [1.54, 1.807) is 0 Å². The van der Waals surface area contributed by atoms with Gasteiger partial charge in [-0.2, -0.15) is 11.8 Å². The number of aliphatic imine (C=N–C) groups is 1. The van der Waals surface area contributed by atoms with Gasteiger partial charge in [0.05, 0.1) is 0 Å². The van der Waals surface area contributed by atoms with E-state index in [2.05, 4.69) is 40.6 Å². The lowest BCUT2D eigenvalue weighted by molar-refractivity contribution is 0.139. The number of rotatable bonds is 7. The Labute approximate surface area is 176 Å². The number of guanidine groups is 1. The molecule has 4 nitrogen and oxygen atoms in total. The van der Waals surface area contributed by atoms with E-state index in [-0.39, 0.29) is 24.0 Å². The van der Waals surface area contributed by atoms with Gasteiger partial charge in [-0.1, -0.05) is 13.8 Å². The van der Waals surface area contributed by atoms with Crippen molar-refractivity contribution in [3.05, 3.63) is 0 Å². The van der Waals surface area contributed by atoms with Crippen LogP contribution in [0.15, 0.2) is 4.99 Å². The van der Waals surface area contributed by atoms with Gasteiger partial charge in [-0.3, -0.25) is 4.99 Å². The van der Waals surface area contributed by atoms with E-state index in [9.17, 15) is 0 Å². The number of nitrogens with one attached hydrogen (secondary N) is 2. The van der Waals surface area contributed by atoms with Crippen LogP contribution in [0.5, 0.6) is 0 Å². The molecule has 2 rings (SSSR count). The van der Waals surface area contributed by atoms with Gasteiger partial charge in [0.2, 0.25) is 0 Å². The van der Waals surface area contributed by atoms with Crippen molar-refractivity contribution < 1.29 is 0 Å². The summed E-state index contributed by atoms with van der Waals surface area (Å²) in [6, 6.07) is 0.602. The number of nitrogens with zero attached hydrogens (tertiary/aromatic N) is 2. The Balaban J connectivity index is 0.00000312. The topological polar surface area (TPSA) is 39.7 Å². The maximum Gasteiger partial charge on any atom is 0.191 e. The van der Waals surface area contributed by atoms with Crippen LogP contribution >= 0.6 is 35.7 Å². The molecule has 0 radical (unpaired) electrons. The highest BCUT2D eigenvalue weighted by Gasteiger charge is 2.24. The largest absolute Gasteiger partial charge is 0.356 e. The van der Waals surface area contributed by atoms with E-state index < -0.39 is 0 Å². The molecule has 0 aromatic rings. The predicted octanol–water partition coefficient (Wildman–Crippen LogP) is 3.81. The third-order valence-electron chi connectivity index (χ3n) is 5.42. The highest BCUT2D eigenvalue weighted by atomic mass is 127. The minimum Gasteiger partial charge on any atom is -0.356 e. The Bertz CT molecular complexity index is 384. The summed E-state index contributed by atoms with van der Waals surface area (Å²) in [7, 11) is 1.88. The van der Waals surface area contributed by atoms with Gasteiger partial charge in [0.25, 0.3) is 0 Å². The third-order valence-corrected chi connectivity index (χ3v) is 6.52. The molecule has 0 amide bonds. The first-order valence-corrected chi connectivity index (χ1v) is 11.1. The Hall–Kier alpha value is 0.310. The van der Waals surface area contributed by atoms with Crippen LogP contribution in [0, 0.1) is 11.8 Å². The van der Waals surface area contributed by atoms with Gasteiger partial charge < -0.3 is 15.5 Å². The maximum absolute atomic E-state index is 4.39. The van der Waals surface area contributed by atoms with Crippen LogP contribution in [0.1, 0.15) is 52.4 Å². The molecular formula is C19H39IN4S. The van der Waals surface area contributed by atoms with E-state index in [0.29, 0.717) is 6.04 Å². The average Bonchev–Trinajstić information content (AvgIpc) is 3.00. The first kappa shape index (κ1) is 23.3. The molecule has 0 bridgehead atoms. The lowest BCUT2D eigenvalue weighted by atomic mass is 9.92. The third kappa shape index (κ3) is 8.69. The van der Waals surface area contributed by atoms with Crippen LogP contribution < -0.4 is 10.6 Å². The maximum atomic E-state index is 4.39. The fourth-order valence-corrected chi connectivity index (χ4v) is 5.11. The number of likely N-dealkylation sites (tertiary alicyclic amines) is 1. The zero-order valence-electron chi connectivity index (χ0n) is 16.6. The van der Waals surface area contributed by atoms with Crippen molar-refractivity contribution in [2.24, 2.45) is 16.8 Å². The molecule has 0 aromatic carbocycles. The van der Waals surface area contributed by atoms with Gasteiger partial charge in [-0.05, 0) is 63.2 Å². The molecule has 1 saturated heterocycles. The van der Waals surface area contributed by atoms with Crippen molar-refractivity contribution in [2.75, 3.05) is 39.5 Å². The zero-order chi connectivity index (χ0) is 17.4. The Kier molecular flexibility index (Phi) is 11.8. The fourth-order valence-electron chi connectivity index (χ4n) is 4.32. The molecule has 4 unspecified atom stereocenters. The van der Waals surface area contributed by atoms with Crippen molar-refractivity contribution in [1.29, 1.82) is 0 Å². The van der Waals surface area contributed by atoms with Gasteiger partial charge in [-0.15, -0.1) is 24.0 Å².